The summed E-state index contributed by atoms with van der Waals surface area (Å²) < 4.78 is 43.2. The van der Waals surface area contributed by atoms with Crippen LogP contribution in [0.4, 0.5) is 10.1 Å². The van der Waals surface area contributed by atoms with Gasteiger partial charge in [-0.25, -0.2) is 12.8 Å². The Hall–Kier alpha value is -3.14. The van der Waals surface area contributed by atoms with E-state index in [1.54, 1.807) is 31.2 Å². The number of carbonyl (C=O) groups excluding carboxylic acids is 2. The van der Waals surface area contributed by atoms with Crippen molar-refractivity contribution in [2.75, 3.05) is 10.8 Å². The highest BCUT2D eigenvalue weighted by atomic mass is 35.5. The summed E-state index contributed by atoms with van der Waals surface area (Å²) in [5, 5.41) is 3.03. The molecule has 40 heavy (non-hydrogen) atoms. The van der Waals surface area contributed by atoms with Crippen LogP contribution in [0.2, 0.25) is 10.0 Å². The van der Waals surface area contributed by atoms with E-state index in [0.717, 1.165) is 30.0 Å². The Balaban J connectivity index is 1.72. The molecule has 0 bridgehead atoms. The Bertz CT molecular complexity index is 1470. The van der Waals surface area contributed by atoms with Crippen LogP contribution >= 0.6 is 23.2 Å². The summed E-state index contributed by atoms with van der Waals surface area (Å²) in [5.41, 5.74) is 0.190. The Kier molecular flexibility index (Phi) is 9.71. The van der Waals surface area contributed by atoms with Crippen LogP contribution in [-0.4, -0.2) is 43.8 Å². The van der Waals surface area contributed by atoms with E-state index in [9.17, 15) is 22.4 Å². The summed E-state index contributed by atoms with van der Waals surface area (Å²) in [7, 11) is -4.30. The molecule has 1 aliphatic rings. The van der Waals surface area contributed by atoms with E-state index < -0.39 is 40.2 Å². The van der Waals surface area contributed by atoms with Crippen LogP contribution in [0.1, 0.15) is 38.2 Å². The molecule has 0 unspecified atom stereocenters. The fourth-order valence-electron chi connectivity index (χ4n) is 4.70. The van der Waals surface area contributed by atoms with Gasteiger partial charge in [-0.05, 0) is 50.1 Å². The Morgan fingerprint density at radius 1 is 0.975 bits per heavy atom. The molecule has 0 aromatic heterocycles. The molecule has 0 saturated heterocycles. The maximum Gasteiger partial charge on any atom is 0.264 e. The first-order valence-electron chi connectivity index (χ1n) is 12.9. The second-order valence-corrected chi connectivity index (χ2v) is 12.3. The van der Waals surface area contributed by atoms with Crippen molar-refractivity contribution in [3.05, 3.63) is 94.2 Å². The molecule has 1 atom stereocenters. The zero-order chi connectivity index (χ0) is 28.9. The quantitative estimate of drug-likeness (QED) is 0.316. The lowest BCUT2D eigenvalue weighted by molar-refractivity contribution is -0.139. The van der Waals surface area contributed by atoms with Gasteiger partial charge in [-0.15, -0.1) is 0 Å². The number of nitrogens with one attached hydrogen (secondary N) is 1. The van der Waals surface area contributed by atoms with Crippen LogP contribution in [0.3, 0.4) is 0 Å². The van der Waals surface area contributed by atoms with Crippen molar-refractivity contribution in [2.24, 2.45) is 0 Å². The summed E-state index contributed by atoms with van der Waals surface area (Å²) in [5.74, 6) is -1.65. The van der Waals surface area contributed by atoms with Gasteiger partial charge in [0.05, 0.1) is 20.6 Å². The van der Waals surface area contributed by atoms with Crippen molar-refractivity contribution in [3.63, 3.8) is 0 Å². The predicted molar refractivity (Wildman–Crippen MR) is 154 cm³/mol. The average Bonchev–Trinajstić information content (AvgIpc) is 3.46. The first-order chi connectivity index (χ1) is 19.1. The summed E-state index contributed by atoms with van der Waals surface area (Å²) in [4.78, 5) is 28.3. The molecular formula is C29H30Cl2FN3O4S. The number of sulfonamides is 1. The number of rotatable bonds is 10. The molecule has 0 radical (unpaired) electrons. The second-order valence-electron chi connectivity index (χ2n) is 9.68. The minimum atomic E-state index is -4.30. The standard InChI is InChI=1S/C29H30Cl2FN3O4S/c1-20(29(37)33-22-11-6-7-12-22)34(18-21-10-5-8-16-25(21)32)27(36)19-35(26-17-9-15-24(30)28(26)31)40(38,39)23-13-3-2-4-14-23/h2-5,8-10,13-17,20,22H,6-7,11-12,18-19H2,1H3,(H,33,37)/t20-/m1/s1. The fourth-order valence-corrected chi connectivity index (χ4v) is 6.60. The van der Waals surface area contributed by atoms with E-state index in [1.807, 2.05) is 0 Å². The molecule has 1 aliphatic carbocycles. The fraction of sp³-hybridized carbons (Fsp3) is 0.310. The highest BCUT2D eigenvalue weighted by Crippen LogP contribution is 2.35. The maximum absolute atomic E-state index is 14.7. The number of halogens is 3. The average molecular weight is 607 g/mol. The maximum atomic E-state index is 14.7. The lowest BCUT2D eigenvalue weighted by Gasteiger charge is -2.32. The lowest BCUT2D eigenvalue weighted by Crippen LogP contribution is -2.52. The number of benzene rings is 3. The van der Waals surface area contributed by atoms with Crippen LogP contribution in [-0.2, 0) is 26.2 Å². The van der Waals surface area contributed by atoms with Gasteiger partial charge in [0.25, 0.3) is 10.0 Å². The van der Waals surface area contributed by atoms with Crippen molar-refractivity contribution in [2.45, 2.75) is 56.1 Å². The van der Waals surface area contributed by atoms with Crippen LogP contribution in [0.5, 0.6) is 0 Å². The van der Waals surface area contributed by atoms with Gasteiger partial charge >= 0.3 is 0 Å². The zero-order valence-electron chi connectivity index (χ0n) is 21.9. The van der Waals surface area contributed by atoms with Crippen LogP contribution in [0, 0.1) is 5.82 Å². The van der Waals surface area contributed by atoms with E-state index >= 15 is 0 Å². The third-order valence-corrected chi connectivity index (χ3v) is 9.56. The molecule has 2 amide bonds. The second kappa shape index (κ2) is 13.0. The molecule has 7 nitrogen and oxygen atoms in total. The lowest BCUT2D eigenvalue weighted by atomic mass is 10.1. The van der Waals surface area contributed by atoms with Crippen molar-refractivity contribution < 1.29 is 22.4 Å². The van der Waals surface area contributed by atoms with E-state index in [-0.39, 0.29) is 38.8 Å². The molecule has 0 heterocycles. The molecule has 1 N–H and O–H groups in total. The highest BCUT2D eigenvalue weighted by Gasteiger charge is 2.34. The molecule has 1 fully saturated rings. The van der Waals surface area contributed by atoms with Crippen molar-refractivity contribution in [1.29, 1.82) is 0 Å². The summed E-state index contributed by atoms with van der Waals surface area (Å²) in [6, 6.07) is 17.0. The van der Waals surface area contributed by atoms with Gasteiger partial charge in [0, 0.05) is 18.2 Å². The molecule has 0 aliphatic heterocycles. The Morgan fingerprint density at radius 3 is 2.30 bits per heavy atom. The van der Waals surface area contributed by atoms with E-state index in [1.165, 1.54) is 53.4 Å². The first-order valence-corrected chi connectivity index (χ1v) is 15.1. The summed E-state index contributed by atoms with van der Waals surface area (Å²) in [6.45, 7) is 0.603. The monoisotopic (exact) mass is 605 g/mol. The summed E-state index contributed by atoms with van der Waals surface area (Å²) >= 11 is 12.6. The Labute approximate surface area is 243 Å². The van der Waals surface area contributed by atoms with E-state index in [2.05, 4.69) is 5.32 Å². The Morgan fingerprint density at radius 2 is 1.62 bits per heavy atom. The number of amides is 2. The van der Waals surface area contributed by atoms with E-state index in [4.69, 9.17) is 23.2 Å². The third-order valence-electron chi connectivity index (χ3n) is 6.98. The number of carbonyl (C=O) groups is 2. The molecule has 11 heteroatoms. The van der Waals surface area contributed by atoms with Gasteiger partial charge in [-0.3, -0.25) is 13.9 Å². The number of hydrogen-bond donors (Lipinski definition) is 1. The van der Waals surface area contributed by atoms with Gasteiger partial charge in [-0.2, -0.15) is 0 Å². The SMILES string of the molecule is C[C@H](C(=O)NC1CCCC1)N(Cc1ccccc1F)C(=O)CN(c1cccc(Cl)c1Cl)S(=O)(=O)c1ccccc1. The minimum absolute atomic E-state index is 0.000251. The highest BCUT2D eigenvalue weighted by molar-refractivity contribution is 7.92. The molecule has 1 saturated carbocycles. The predicted octanol–water partition coefficient (Wildman–Crippen LogP) is 5.80. The summed E-state index contributed by atoms with van der Waals surface area (Å²) in [6.07, 6.45) is 3.69. The van der Waals surface area contributed by atoms with Crippen LogP contribution in [0.25, 0.3) is 0 Å². The van der Waals surface area contributed by atoms with Gasteiger partial charge in [0.1, 0.15) is 18.4 Å². The van der Waals surface area contributed by atoms with Crippen LogP contribution < -0.4 is 9.62 Å². The number of nitrogens with zero attached hydrogens (tertiary/aromatic N) is 2. The molecular weight excluding hydrogens is 576 g/mol. The van der Waals surface area contributed by atoms with Gasteiger partial charge in [-0.1, -0.05) is 78.5 Å². The molecule has 3 aromatic carbocycles. The number of anilines is 1. The van der Waals surface area contributed by atoms with Gasteiger partial charge in [0.2, 0.25) is 11.8 Å². The largest absolute Gasteiger partial charge is 0.352 e. The van der Waals surface area contributed by atoms with Crippen molar-refractivity contribution >= 4 is 50.7 Å². The van der Waals surface area contributed by atoms with Crippen molar-refractivity contribution in [3.8, 4) is 0 Å². The molecule has 4 rings (SSSR count). The van der Waals surface area contributed by atoms with E-state index in [0.29, 0.717) is 0 Å². The number of hydrogen-bond acceptors (Lipinski definition) is 4. The molecule has 3 aromatic rings. The van der Waals surface area contributed by atoms with Gasteiger partial charge < -0.3 is 10.2 Å². The van der Waals surface area contributed by atoms with Crippen molar-refractivity contribution in [1.82, 2.24) is 10.2 Å². The van der Waals surface area contributed by atoms with Gasteiger partial charge in [0.15, 0.2) is 0 Å². The zero-order valence-corrected chi connectivity index (χ0v) is 24.2. The topological polar surface area (TPSA) is 86.8 Å². The smallest absolute Gasteiger partial charge is 0.264 e. The van der Waals surface area contributed by atoms with Crippen LogP contribution in [0.15, 0.2) is 77.7 Å². The third kappa shape index (κ3) is 6.77. The molecule has 212 valence electrons. The minimum Gasteiger partial charge on any atom is -0.352 e. The molecule has 0 spiro atoms. The normalized spacial score (nSPS) is 14.5. The first kappa shape index (κ1) is 29.8.